The number of esters is 2. The molecule has 1 aromatic rings. The molecule has 0 amide bonds. The van der Waals surface area contributed by atoms with Gasteiger partial charge in [0.25, 0.3) is 0 Å². The minimum Gasteiger partial charge on any atom is -0.390 e. The molecule has 0 fully saturated rings. The molecule has 0 saturated heterocycles. The van der Waals surface area contributed by atoms with Gasteiger partial charge in [-0.3, -0.25) is 4.79 Å². The van der Waals surface area contributed by atoms with E-state index in [1.807, 2.05) is 13.0 Å². The van der Waals surface area contributed by atoms with Gasteiger partial charge in [-0.05, 0) is 24.1 Å². The lowest BCUT2D eigenvalue weighted by molar-refractivity contribution is -0.135. The number of hydrogen-bond donors (Lipinski definition) is 0. The molecule has 1 aromatic carbocycles. The normalized spacial score (nSPS) is 9.80. The molecule has 0 N–H and O–H groups in total. The van der Waals surface area contributed by atoms with Gasteiger partial charge < -0.3 is 4.74 Å². The molecule has 0 aliphatic heterocycles. The Morgan fingerprint density at radius 1 is 1.40 bits per heavy atom. The number of carbonyl (C=O) groups excluding carboxylic acids is 2. The highest BCUT2D eigenvalue weighted by Crippen LogP contribution is 2.21. The predicted octanol–water partition coefficient (Wildman–Crippen LogP) is 2.71. The van der Waals surface area contributed by atoms with Crippen molar-refractivity contribution in [3.05, 3.63) is 33.8 Å². The molecule has 4 heteroatoms. The van der Waals surface area contributed by atoms with Crippen molar-refractivity contribution in [3.63, 3.8) is 0 Å². The van der Waals surface area contributed by atoms with Crippen LogP contribution in [-0.4, -0.2) is 11.9 Å². The molecule has 0 radical (unpaired) electrons. The highest BCUT2D eigenvalue weighted by Gasteiger charge is 2.15. The first-order valence-corrected chi connectivity index (χ1v) is 5.35. The zero-order valence-electron chi connectivity index (χ0n) is 8.54. The van der Waals surface area contributed by atoms with Crippen LogP contribution in [0.2, 0.25) is 0 Å². The topological polar surface area (TPSA) is 43.4 Å². The molecule has 0 spiro atoms. The Hall–Kier alpha value is -1.16. The van der Waals surface area contributed by atoms with Crippen molar-refractivity contribution in [1.82, 2.24) is 0 Å². The van der Waals surface area contributed by atoms with Crippen LogP contribution < -0.4 is 0 Å². The second kappa shape index (κ2) is 5.07. The Bertz CT molecular complexity index is 399. The summed E-state index contributed by atoms with van der Waals surface area (Å²) in [6.45, 7) is 3.14. The van der Waals surface area contributed by atoms with Gasteiger partial charge in [0.1, 0.15) is 0 Å². The largest absolute Gasteiger partial charge is 0.390 e. The van der Waals surface area contributed by atoms with Crippen LogP contribution >= 0.6 is 15.9 Å². The first-order valence-electron chi connectivity index (χ1n) is 4.56. The fourth-order valence-electron chi connectivity index (χ4n) is 1.29. The van der Waals surface area contributed by atoms with Gasteiger partial charge in [0.15, 0.2) is 0 Å². The SMILES string of the molecule is CCc1c(Br)cccc1C(=O)OC(C)=O. The van der Waals surface area contributed by atoms with E-state index < -0.39 is 11.9 Å². The lowest BCUT2D eigenvalue weighted by Gasteiger charge is -2.07. The first kappa shape index (κ1) is 11.9. The van der Waals surface area contributed by atoms with Crippen LogP contribution in [0, 0.1) is 0 Å². The average Bonchev–Trinajstić information content (AvgIpc) is 2.16. The molecule has 0 atom stereocenters. The number of hydrogen-bond acceptors (Lipinski definition) is 3. The van der Waals surface area contributed by atoms with Crippen molar-refractivity contribution in [1.29, 1.82) is 0 Å². The van der Waals surface area contributed by atoms with Crippen LogP contribution in [0.4, 0.5) is 0 Å². The first-order chi connectivity index (χ1) is 7.06. The fraction of sp³-hybridized carbons (Fsp3) is 0.273. The number of halogens is 1. The standard InChI is InChI=1S/C11H11BrO3/c1-3-8-9(5-4-6-10(8)12)11(14)15-7(2)13/h4-6H,3H2,1-2H3. The smallest absolute Gasteiger partial charge is 0.346 e. The van der Waals surface area contributed by atoms with Crippen molar-refractivity contribution in [2.45, 2.75) is 20.3 Å². The van der Waals surface area contributed by atoms with Crippen LogP contribution in [0.15, 0.2) is 22.7 Å². The Morgan fingerprint density at radius 2 is 2.07 bits per heavy atom. The summed E-state index contributed by atoms with van der Waals surface area (Å²) in [6.07, 6.45) is 0.698. The van der Waals surface area contributed by atoms with Gasteiger partial charge in [0, 0.05) is 11.4 Å². The molecule has 0 aromatic heterocycles. The molecule has 3 nitrogen and oxygen atoms in total. The highest BCUT2D eigenvalue weighted by molar-refractivity contribution is 9.10. The van der Waals surface area contributed by atoms with E-state index in [1.165, 1.54) is 6.92 Å². The third-order valence-corrected chi connectivity index (χ3v) is 2.67. The number of ether oxygens (including phenoxy) is 1. The maximum atomic E-state index is 11.5. The quantitative estimate of drug-likeness (QED) is 0.613. The van der Waals surface area contributed by atoms with E-state index in [4.69, 9.17) is 0 Å². The molecular formula is C11H11BrO3. The Kier molecular flexibility index (Phi) is 4.03. The van der Waals surface area contributed by atoms with E-state index in [1.54, 1.807) is 12.1 Å². The molecule has 0 heterocycles. The zero-order chi connectivity index (χ0) is 11.4. The molecule has 0 bridgehead atoms. The lowest BCUT2D eigenvalue weighted by atomic mass is 10.1. The summed E-state index contributed by atoms with van der Waals surface area (Å²) < 4.78 is 5.39. The molecule has 0 aliphatic rings. The summed E-state index contributed by atoms with van der Waals surface area (Å²) in [4.78, 5) is 22.2. The Labute approximate surface area is 96.6 Å². The number of carbonyl (C=O) groups is 2. The third-order valence-electron chi connectivity index (χ3n) is 1.93. The maximum absolute atomic E-state index is 11.5. The molecule has 0 saturated carbocycles. The fourth-order valence-corrected chi connectivity index (χ4v) is 1.94. The van der Waals surface area contributed by atoms with Crippen molar-refractivity contribution in [3.8, 4) is 0 Å². The monoisotopic (exact) mass is 270 g/mol. The Balaban J connectivity index is 3.08. The van der Waals surface area contributed by atoms with E-state index >= 15 is 0 Å². The summed E-state index contributed by atoms with van der Waals surface area (Å²) in [6, 6.07) is 5.23. The minimum absolute atomic E-state index is 0.432. The second-order valence-electron chi connectivity index (χ2n) is 3.00. The van der Waals surface area contributed by atoms with Crippen LogP contribution in [0.1, 0.15) is 29.8 Å². The van der Waals surface area contributed by atoms with Gasteiger partial charge in [-0.25, -0.2) is 4.79 Å². The molecule has 15 heavy (non-hydrogen) atoms. The summed E-state index contributed by atoms with van der Waals surface area (Å²) in [5.41, 5.74) is 1.28. The number of rotatable bonds is 2. The van der Waals surface area contributed by atoms with E-state index in [0.717, 1.165) is 10.0 Å². The van der Waals surface area contributed by atoms with Gasteiger partial charge in [0.2, 0.25) is 0 Å². The van der Waals surface area contributed by atoms with Gasteiger partial charge in [0.05, 0.1) is 5.56 Å². The summed E-state index contributed by atoms with van der Waals surface area (Å²) >= 11 is 3.35. The summed E-state index contributed by atoms with van der Waals surface area (Å²) in [5.74, 6) is -1.19. The van der Waals surface area contributed by atoms with Crippen LogP contribution in [-0.2, 0) is 16.0 Å². The highest BCUT2D eigenvalue weighted by atomic mass is 79.9. The summed E-state index contributed by atoms with van der Waals surface area (Å²) in [5, 5.41) is 0. The molecular weight excluding hydrogens is 260 g/mol. The average molecular weight is 271 g/mol. The molecule has 1 rings (SSSR count). The van der Waals surface area contributed by atoms with E-state index in [9.17, 15) is 9.59 Å². The van der Waals surface area contributed by atoms with Crippen LogP contribution in [0.25, 0.3) is 0 Å². The van der Waals surface area contributed by atoms with E-state index in [0.29, 0.717) is 12.0 Å². The predicted molar refractivity (Wildman–Crippen MR) is 59.6 cm³/mol. The van der Waals surface area contributed by atoms with Crippen molar-refractivity contribution < 1.29 is 14.3 Å². The van der Waals surface area contributed by atoms with Gasteiger partial charge >= 0.3 is 11.9 Å². The van der Waals surface area contributed by atoms with Crippen molar-refractivity contribution >= 4 is 27.9 Å². The van der Waals surface area contributed by atoms with Crippen molar-refractivity contribution in [2.75, 3.05) is 0 Å². The Morgan fingerprint density at radius 3 is 2.60 bits per heavy atom. The van der Waals surface area contributed by atoms with Crippen LogP contribution in [0.3, 0.4) is 0 Å². The van der Waals surface area contributed by atoms with Gasteiger partial charge in [-0.15, -0.1) is 0 Å². The lowest BCUT2D eigenvalue weighted by Crippen LogP contribution is -2.11. The molecule has 0 aliphatic carbocycles. The van der Waals surface area contributed by atoms with E-state index in [2.05, 4.69) is 20.7 Å². The third kappa shape index (κ3) is 2.89. The van der Waals surface area contributed by atoms with Gasteiger partial charge in [-0.1, -0.05) is 28.9 Å². The number of benzene rings is 1. The maximum Gasteiger partial charge on any atom is 0.346 e. The molecule has 80 valence electrons. The molecule has 0 unspecified atom stereocenters. The minimum atomic E-state index is -0.597. The van der Waals surface area contributed by atoms with E-state index in [-0.39, 0.29) is 0 Å². The van der Waals surface area contributed by atoms with Crippen LogP contribution in [0.5, 0.6) is 0 Å². The summed E-state index contributed by atoms with van der Waals surface area (Å²) in [7, 11) is 0. The second-order valence-corrected chi connectivity index (χ2v) is 3.85. The van der Waals surface area contributed by atoms with Gasteiger partial charge in [-0.2, -0.15) is 0 Å². The van der Waals surface area contributed by atoms with Crippen molar-refractivity contribution in [2.24, 2.45) is 0 Å². The zero-order valence-corrected chi connectivity index (χ0v) is 10.1.